The molecule has 1 aliphatic carbocycles. The van der Waals surface area contributed by atoms with E-state index >= 15 is 0 Å². The summed E-state index contributed by atoms with van der Waals surface area (Å²) in [5, 5.41) is 0. The van der Waals surface area contributed by atoms with Crippen LogP contribution in [0.2, 0.25) is 0 Å². The summed E-state index contributed by atoms with van der Waals surface area (Å²) in [5.74, 6) is 0.262. The van der Waals surface area contributed by atoms with Gasteiger partial charge in [0.1, 0.15) is 12.7 Å². The number of ether oxygens (including phenoxy) is 1. The molecular formula is C16H12O. The van der Waals surface area contributed by atoms with Crippen LogP contribution in [0.1, 0.15) is 17.0 Å². The van der Waals surface area contributed by atoms with E-state index in [1.165, 1.54) is 22.3 Å². The first-order valence-corrected chi connectivity index (χ1v) is 5.67. The molecular weight excluding hydrogens is 208 g/mol. The van der Waals surface area contributed by atoms with E-state index in [2.05, 4.69) is 54.6 Å². The van der Waals surface area contributed by atoms with Crippen LogP contribution in [0.3, 0.4) is 0 Å². The summed E-state index contributed by atoms with van der Waals surface area (Å²) in [5.41, 5.74) is 5.22. The lowest BCUT2D eigenvalue weighted by atomic mass is 9.98. The van der Waals surface area contributed by atoms with Gasteiger partial charge in [0, 0.05) is 5.92 Å². The normalized spacial score (nSPS) is 12.6. The van der Waals surface area contributed by atoms with Crippen molar-refractivity contribution in [3.8, 4) is 23.7 Å². The highest BCUT2D eigenvalue weighted by Crippen LogP contribution is 2.44. The van der Waals surface area contributed by atoms with E-state index in [9.17, 15) is 0 Å². The highest BCUT2D eigenvalue weighted by Gasteiger charge is 2.28. The standard InChI is InChI=1S/C16H12O/c1-2-17-11-16-14-9-5-3-7-12(14)13-8-4-6-10-15(13)16/h1,3-10,16H,11H2. The summed E-state index contributed by atoms with van der Waals surface area (Å²) in [4.78, 5) is 0. The Morgan fingerprint density at radius 2 is 1.47 bits per heavy atom. The van der Waals surface area contributed by atoms with Crippen molar-refractivity contribution in [2.45, 2.75) is 5.92 Å². The molecule has 0 aromatic heterocycles. The molecule has 1 nitrogen and oxygen atoms in total. The maximum absolute atomic E-state index is 5.17. The van der Waals surface area contributed by atoms with Gasteiger partial charge in [0.25, 0.3) is 0 Å². The van der Waals surface area contributed by atoms with Gasteiger partial charge >= 0.3 is 0 Å². The minimum absolute atomic E-state index is 0.262. The molecule has 17 heavy (non-hydrogen) atoms. The van der Waals surface area contributed by atoms with Crippen molar-refractivity contribution in [2.24, 2.45) is 0 Å². The van der Waals surface area contributed by atoms with Crippen molar-refractivity contribution in [1.82, 2.24) is 0 Å². The van der Waals surface area contributed by atoms with Crippen molar-refractivity contribution >= 4 is 0 Å². The highest BCUT2D eigenvalue weighted by molar-refractivity contribution is 5.78. The molecule has 0 heterocycles. The zero-order chi connectivity index (χ0) is 11.7. The highest BCUT2D eigenvalue weighted by atomic mass is 16.5. The van der Waals surface area contributed by atoms with Crippen molar-refractivity contribution in [1.29, 1.82) is 0 Å². The molecule has 0 atom stereocenters. The number of terminal acetylenes is 1. The lowest BCUT2D eigenvalue weighted by molar-refractivity contribution is 0.267. The molecule has 0 amide bonds. The quantitative estimate of drug-likeness (QED) is 0.705. The van der Waals surface area contributed by atoms with E-state index in [-0.39, 0.29) is 5.92 Å². The van der Waals surface area contributed by atoms with Crippen LogP contribution in [0.4, 0.5) is 0 Å². The van der Waals surface area contributed by atoms with Crippen molar-refractivity contribution in [3.63, 3.8) is 0 Å². The third-order valence-corrected chi connectivity index (χ3v) is 3.30. The van der Waals surface area contributed by atoms with E-state index < -0.39 is 0 Å². The van der Waals surface area contributed by atoms with Crippen LogP contribution in [0.15, 0.2) is 48.5 Å². The number of fused-ring (bicyclic) bond motifs is 3. The predicted octanol–water partition coefficient (Wildman–Crippen LogP) is 3.41. The summed E-state index contributed by atoms with van der Waals surface area (Å²) in [6, 6.07) is 16.9. The fourth-order valence-electron chi connectivity index (χ4n) is 2.57. The molecule has 3 rings (SSSR count). The summed E-state index contributed by atoms with van der Waals surface area (Å²) in [6.07, 6.45) is 7.43. The second-order valence-electron chi connectivity index (χ2n) is 4.16. The molecule has 1 heteroatoms. The van der Waals surface area contributed by atoms with Crippen LogP contribution in [0, 0.1) is 12.5 Å². The lowest BCUT2D eigenvalue weighted by Gasteiger charge is -2.11. The van der Waals surface area contributed by atoms with Gasteiger partial charge in [0.05, 0.1) is 0 Å². The molecule has 0 aliphatic heterocycles. The number of benzene rings is 2. The Morgan fingerprint density at radius 1 is 0.941 bits per heavy atom. The second kappa shape index (κ2) is 3.99. The van der Waals surface area contributed by atoms with E-state index in [1.807, 2.05) is 0 Å². The van der Waals surface area contributed by atoms with Gasteiger partial charge in [-0.15, -0.1) is 0 Å². The van der Waals surface area contributed by atoms with Gasteiger partial charge in [-0.05, 0) is 22.3 Å². The monoisotopic (exact) mass is 220 g/mol. The Bertz CT molecular complexity index is 547. The minimum Gasteiger partial charge on any atom is -0.446 e. The lowest BCUT2D eigenvalue weighted by Crippen LogP contribution is -2.04. The molecule has 0 spiro atoms. The third-order valence-electron chi connectivity index (χ3n) is 3.30. The van der Waals surface area contributed by atoms with E-state index in [1.54, 1.807) is 0 Å². The summed E-state index contributed by atoms with van der Waals surface area (Å²) < 4.78 is 5.16. The van der Waals surface area contributed by atoms with Gasteiger partial charge < -0.3 is 4.74 Å². The molecule has 2 aromatic rings. The number of hydrogen-bond acceptors (Lipinski definition) is 1. The van der Waals surface area contributed by atoms with Gasteiger partial charge in [0.15, 0.2) is 0 Å². The summed E-state index contributed by atoms with van der Waals surface area (Å²) >= 11 is 0. The van der Waals surface area contributed by atoms with Crippen LogP contribution in [-0.2, 0) is 4.74 Å². The van der Waals surface area contributed by atoms with E-state index in [4.69, 9.17) is 11.2 Å². The SMILES string of the molecule is C#COCC1c2ccccc2-c2ccccc21. The van der Waals surface area contributed by atoms with E-state index in [0.717, 1.165) is 0 Å². The minimum atomic E-state index is 0.262. The Hall–Kier alpha value is -2.20. The Kier molecular flexibility index (Phi) is 2.34. The van der Waals surface area contributed by atoms with Gasteiger partial charge in [0.2, 0.25) is 0 Å². The van der Waals surface area contributed by atoms with Gasteiger partial charge in [-0.3, -0.25) is 0 Å². The number of rotatable bonds is 2. The van der Waals surface area contributed by atoms with Crippen molar-refractivity contribution in [3.05, 3.63) is 59.7 Å². The fourth-order valence-corrected chi connectivity index (χ4v) is 2.57. The van der Waals surface area contributed by atoms with Crippen molar-refractivity contribution < 1.29 is 4.74 Å². The van der Waals surface area contributed by atoms with Crippen LogP contribution >= 0.6 is 0 Å². The zero-order valence-corrected chi connectivity index (χ0v) is 9.39. The molecule has 1 aliphatic rings. The molecule has 0 N–H and O–H groups in total. The molecule has 0 unspecified atom stereocenters. The Morgan fingerprint density at radius 3 is 2.00 bits per heavy atom. The Balaban J connectivity index is 2.14. The molecule has 0 bridgehead atoms. The van der Waals surface area contributed by atoms with Crippen LogP contribution < -0.4 is 0 Å². The first-order chi connectivity index (χ1) is 8.42. The largest absolute Gasteiger partial charge is 0.446 e. The number of hydrogen-bond donors (Lipinski definition) is 0. The summed E-state index contributed by atoms with van der Waals surface area (Å²) in [7, 11) is 0. The third kappa shape index (κ3) is 1.50. The molecule has 0 radical (unpaired) electrons. The molecule has 0 fully saturated rings. The van der Waals surface area contributed by atoms with Gasteiger partial charge in [-0.25, -0.2) is 0 Å². The average molecular weight is 220 g/mol. The summed E-state index contributed by atoms with van der Waals surface area (Å²) in [6.45, 7) is 0.546. The first kappa shape index (κ1) is 9.99. The average Bonchev–Trinajstić information content (AvgIpc) is 2.71. The smallest absolute Gasteiger partial charge is 0.111 e. The van der Waals surface area contributed by atoms with Crippen LogP contribution in [0.5, 0.6) is 0 Å². The van der Waals surface area contributed by atoms with Crippen molar-refractivity contribution in [2.75, 3.05) is 6.61 Å². The molecule has 82 valence electrons. The van der Waals surface area contributed by atoms with Gasteiger partial charge in [-0.2, -0.15) is 0 Å². The fraction of sp³-hybridized carbons (Fsp3) is 0.125. The van der Waals surface area contributed by atoms with E-state index in [0.29, 0.717) is 6.61 Å². The predicted molar refractivity (Wildman–Crippen MR) is 68.5 cm³/mol. The van der Waals surface area contributed by atoms with Crippen LogP contribution in [0.25, 0.3) is 11.1 Å². The molecule has 2 aromatic carbocycles. The maximum Gasteiger partial charge on any atom is 0.111 e. The molecule has 0 saturated carbocycles. The van der Waals surface area contributed by atoms with Gasteiger partial charge in [-0.1, -0.05) is 55.0 Å². The molecule has 0 saturated heterocycles. The Labute approximate surface area is 101 Å². The first-order valence-electron chi connectivity index (χ1n) is 5.67. The zero-order valence-electron chi connectivity index (χ0n) is 9.39. The topological polar surface area (TPSA) is 9.23 Å². The second-order valence-corrected chi connectivity index (χ2v) is 4.16. The van der Waals surface area contributed by atoms with Crippen LogP contribution in [-0.4, -0.2) is 6.61 Å². The maximum atomic E-state index is 5.17.